The first-order chi connectivity index (χ1) is 13.2. The molecule has 1 aromatic heterocycles. The highest BCUT2D eigenvalue weighted by molar-refractivity contribution is 6.36. The lowest BCUT2D eigenvalue weighted by Gasteiger charge is -2.08. The fraction of sp³-hybridized carbons (Fsp3) is 0.158. The van der Waals surface area contributed by atoms with E-state index in [-0.39, 0.29) is 18.0 Å². The van der Waals surface area contributed by atoms with Gasteiger partial charge in [0.25, 0.3) is 5.91 Å². The smallest absolute Gasteiger partial charge is 0.405 e. The van der Waals surface area contributed by atoms with Crippen molar-refractivity contribution in [1.82, 2.24) is 10.3 Å². The van der Waals surface area contributed by atoms with E-state index in [2.05, 4.69) is 22.8 Å². The molecular weight excluding hydrogens is 416 g/mol. The lowest BCUT2D eigenvalue weighted by molar-refractivity contribution is -0.146. The average molecular weight is 429 g/mol. The summed E-state index contributed by atoms with van der Waals surface area (Å²) in [5, 5.41) is 3.21. The van der Waals surface area contributed by atoms with Gasteiger partial charge >= 0.3 is 6.18 Å². The molecular formula is C19H13Cl2F3N2O2. The second-order valence-corrected chi connectivity index (χ2v) is 6.17. The summed E-state index contributed by atoms with van der Waals surface area (Å²) >= 11 is 12.2. The average Bonchev–Trinajstić information content (AvgIpc) is 3.09. The van der Waals surface area contributed by atoms with E-state index >= 15 is 0 Å². The highest BCUT2D eigenvalue weighted by Gasteiger charge is 2.36. The molecule has 1 atom stereocenters. The highest BCUT2D eigenvalue weighted by Crippen LogP contribution is 2.27. The Hall–Kier alpha value is -2.69. The van der Waals surface area contributed by atoms with E-state index < -0.39 is 18.0 Å². The molecule has 0 radical (unpaired) electrons. The summed E-state index contributed by atoms with van der Waals surface area (Å²) in [6.07, 6.45) is -0.287. The Morgan fingerprint density at radius 3 is 2.64 bits per heavy atom. The molecule has 2 rings (SSSR count). The molecule has 4 nitrogen and oxygen atoms in total. The van der Waals surface area contributed by atoms with Gasteiger partial charge in [-0.1, -0.05) is 47.2 Å². The topological polar surface area (TPSA) is 55.1 Å². The summed E-state index contributed by atoms with van der Waals surface area (Å²) in [6.45, 7) is 3.09. The normalized spacial score (nSPS) is 12.3. The molecule has 0 aliphatic carbocycles. The molecule has 28 heavy (non-hydrogen) atoms. The van der Waals surface area contributed by atoms with Crippen LogP contribution in [-0.2, 0) is 6.42 Å². The van der Waals surface area contributed by atoms with Gasteiger partial charge < -0.3 is 9.73 Å². The maximum Gasteiger partial charge on any atom is 0.405 e. The molecule has 0 fully saturated rings. The minimum absolute atomic E-state index is 0.0185. The Balaban J connectivity index is 1.97. The first kappa shape index (κ1) is 21.6. The second kappa shape index (κ2) is 9.49. The van der Waals surface area contributed by atoms with Crippen molar-refractivity contribution in [2.75, 3.05) is 0 Å². The number of oxazole rings is 1. The first-order valence-electron chi connectivity index (χ1n) is 7.76. The Bertz CT molecular complexity index is 936. The number of allylic oxidation sites excluding steroid dienone is 2. The van der Waals surface area contributed by atoms with E-state index in [0.717, 1.165) is 18.5 Å². The maximum absolute atomic E-state index is 12.5. The van der Waals surface area contributed by atoms with E-state index in [1.807, 2.05) is 5.92 Å². The molecule has 9 heteroatoms. The number of hydrogen-bond donors (Lipinski definition) is 1. The number of nitrogens with one attached hydrogen (secondary N) is 1. The third kappa shape index (κ3) is 5.91. The fourth-order valence-corrected chi connectivity index (χ4v) is 2.53. The predicted molar refractivity (Wildman–Crippen MR) is 99.9 cm³/mol. The number of benzene rings is 1. The van der Waals surface area contributed by atoms with Gasteiger partial charge in [-0.3, -0.25) is 4.79 Å². The van der Waals surface area contributed by atoms with E-state index in [1.54, 1.807) is 18.2 Å². The zero-order chi connectivity index (χ0) is 20.7. The summed E-state index contributed by atoms with van der Waals surface area (Å²) in [6, 6.07) is 5.03. The van der Waals surface area contributed by atoms with Gasteiger partial charge in [0.2, 0.25) is 0 Å². The molecule has 146 valence electrons. The van der Waals surface area contributed by atoms with Crippen molar-refractivity contribution in [2.45, 2.75) is 12.6 Å². The van der Waals surface area contributed by atoms with Crippen LogP contribution in [0.2, 0.25) is 10.0 Å². The number of carbonyl (C=O) groups excluding carboxylic acids is 1. The molecule has 0 saturated carbocycles. The molecule has 0 aliphatic rings. The Labute approximate surface area is 169 Å². The molecule has 1 N–H and O–H groups in total. The summed E-state index contributed by atoms with van der Waals surface area (Å²) in [5.41, 5.74) is 0.589. The lowest BCUT2D eigenvalue weighted by Crippen LogP contribution is -2.19. The summed E-state index contributed by atoms with van der Waals surface area (Å²) in [5.74, 6) is 1.83. The number of rotatable bonds is 5. The third-order valence-corrected chi connectivity index (χ3v) is 4.09. The number of alkyl halides is 3. The van der Waals surface area contributed by atoms with E-state index in [9.17, 15) is 18.0 Å². The minimum atomic E-state index is -4.49. The van der Waals surface area contributed by atoms with Crippen LogP contribution in [0.25, 0.3) is 0 Å². The van der Waals surface area contributed by atoms with Crippen molar-refractivity contribution in [3.8, 4) is 11.8 Å². The summed E-state index contributed by atoms with van der Waals surface area (Å²) in [7, 11) is 0. The summed E-state index contributed by atoms with van der Waals surface area (Å²) < 4.78 is 42.7. The lowest BCUT2D eigenvalue weighted by atomic mass is 10.1. The number of halogens is 5. The second-order valence-electron chi connectivity index (χ2n) is 5.35. The van der Waals surface area contributed by atoms with Gasteiger partial charge in [-0.15, -0.1) is 6.58 Å². The van der Waals surface area contributed by atoms with Crippen molar-refractivity contribution in [1.29, 1.82) is 0 Å². The van der Waals surface area contributed by atoms with Crippen LogP contribution in [0.5, 0.6) is 0 Å². The van der Waals surface area contributed by atoms with Gasteiger partial charge in [-0.2, -0.15) is 13.2 Å². The number of aromatic nitrogens is 1. The highest BCUT2D eigenvalue weighted by atomic mass is 35.5. The van der Waals surface area contributed by atoms with Crippen LogP contribution in [0.4, 0.5) is 13.2 Å². The van der Waals surface area contributed by atoms with Crippen LogP contribution >= 0.6 is 23.2 Å². The van der Waals surface area contributed by atoms with Gasteiger partial charge in [0.05, 0.1) is 6.42 Å². The number of amides is 1. The van der Waals surface area contributed by atoms with Gasteiger partial charge in [0.15, 0.2) is 11.6 Å². The van der Waals surface area contributed by atoms with Crippen LogP contribution in [0.1, 0.15) is 21.9 Å². The van der Waals surface area contributed by atoms with Gasteiger partial charge in [0, 0.05) is 22.3 Å². The molecule has 1 heterocycles. The van der Waals surface area contributed by atoms with Crippen LogP contribution in [-0.4, -0.2) is 17.1 Å². The molecule has 0 saturated heterocycles. The van der Waals surface area contributed by atoms with Crippen molar-refractivity contribution in [3.63, 3.8) is 0 Å². The Kier molecular flexibility index (Phi) is 7.32. The number of hydrogen-bond acceptors (Lipinski definition) is 3. The van der Waals surface area contributed by atoms with Crippen LogP contribution < -0.4 is 5.32 Å². The van der Waals surface area contributed by atoms with Gasteiger partial charge in [0.1, 0.15) is 12.2 Å². The van der Waals surface area contributed by atoms with E-state index in [4.69, 9.17) is 27.6 Å². The van der Waals surface area contributed by atoms with Gasteiger partial charge in [-0.05, 0) is 17.7 Å². The maximum atomic E-state index is 12.5. The zero-order valence-corrected chi connectivity index (χ0v) is 15.7. The van der Waals surface area contributed by atoms with Crippen molar-refractivity contribution >= 4 is 29.1 Å². The largest absolute Gasteiger partial charge is 0.448 e. The van der Waals surface area contributed by atoms with Gasteiger partial charge in [-0.25, -0.2) is 4.98 Å². The first-order valence-corrected chi connectivity index (χ1v) is 8.51. The SMILES string of the molecule is C=CC(C#C/C=C/NC(=O)c1coc(Cc2c(Cl)cccc2Cl)n1)C(F)(F)F. The van der Waals surface area contributed by atoms with Crippen molar-refractivity contribution in [3.05, 3.63) is 76.6 Å². The molecule has 0 bridgehead atoms. The van der Waals surface area contributed by atoms with E-state index in [0.29, 0.717) is 21.7 Å². The zero-order valence-electron chi connectivity index (χ0n) is 14.2. The molecule has 0 aliphatic heterocycles. The number of nitrogens with zero attached hydrogens (tertiary/aromatic N) is 1. The van der Waals surface area contributed by atoms with Crippen LogP contribution in [0, 0.1) is 17.8 Å². The summed E-state index contributed by atoms with van der Waals surface area (Å²) in [4.78, 5) is 16.0. The Morgan fingerprint density at radius 2 is 2.04 bits per heavy atom. The standard InChI is InChI=1S/C19H13Cl2F3N2O2/c1-2-12(19(22,23)24)6-3-4-9-25-18(27)16-11-28-17(26-16)10-13-14(20)7-5-8-15(13)21/h2,4-5,7-9,11-12H,1,10H2,(H,25,27)/b9-4+. The molecule has 0 spiro atoms. The van der Waals surface area contributed by atoms with Crippen molar-refractivity contribution in [2.24, 2.45) is 5.92 Å². The quantitative estimate of drug-likeness (QED) is 0.526. The van der Waals surface area contributed by atoms with E-state index in [1.165, 1.54) is 0 Å². The minimum Gasteiger partial charge on any atom is -0.448 e. The predicted octanol–water partition coefficient (Wildman–Crippen LogP) is 5.18. The fourth-order valence-electron chi connectivity index (χ4n) is 1.99. The molecule has 1 amide bonds. The molecule has 1 aromatic carbocycles. The Morgan fingerprint density at radius 1 is 1.36 bits per heavy atom. The number of carbonyl (C=O) groups is 1. The van der Waals surface area contributed by atoms with Crippen LogP contribution in [0.3, 0.4) is 0 Å². The van der Waals surface area contributed by atoms with Crippen molar-refractivity contribution < 1.29 is 22.4 Å². The molecule has 2 aromatic rings. The monoisotopic (exact) mass is 428 g/mol. The third-order valence-electron chi connectivity index (χ3n) is 3.38. The molecule has 1 unspecified atom stereocenters. The van der Waals surface area contributed by atoms with Crippen LogP contribution in [0.15, 0.2) is 53.8 Å².